The molecular formula is C18H21NO2. The van der Waals surface area contributed by atoms with Crippen LogP contribution >= 0.6 is 0 Å². The van der Waals surface area contributed by atoms with Crippen LogP contribution in [0.5, 0.6) is 5.75 Å². The molecule has 0 bridgehead atoms. The van der Waals surface area contributed by atoms with Gasteiger partial charge in [0.25, 0.3) is 0 Å². The number of ether oxygens (including phenoxy) is 2. The van der Waals surface area contributed by atoms with E-state index in [2.05, 4.69) is 25.1 Å². The first-order valence-corrected chi connectivity index (χ1v) is 7.30. The molecule has 0 saturated carbocycles. The first-order chi connectivity index (χ1) is 10.2. The molecule has 3 heteroatoms. The molecule has 2 aromatic rings. The lowest BCUT2D eigenvalue weighted by Gasteiger charge is -2.31. The maximum absolute atomic E-state index is 6.51. The van der Waals surface area contributed by atoms with Crippen molar-refractivity contribution in [1.82, 2.24) is 0 Å². The summed E-state index contributed by atoms with van der Waals surface area (Å²) >= 11 is 0. The highest BCUT2D eigenvalue weighted by atomic mass is 16.5. The van der Waals surface area contributed by atoms with Gasteiger partial charge in [-0.25, -0.2) is 0 Å². The molecule has 0 saturated heterocycles. The Kier molecular flexibility index (Phi) is 3.95. The molecule has 110 valence electrons. The van der Waals surface area contributed by atoms with E-state index in [-0.39, 0.29) is 12.1 Å². The zero-order chi connectivity index (χ0) is 14.8. The fourth-order valence-electron chi connectivity index (χ4n) is 3.03. The summed E-state index contributed by atoms with van der Waals surface area (Å²) in [5.74, 6) is 0.855. The van der Waals surface area contributed by atoms with E-state index in [0.29, 0.717) is 0 Å². The van der Waals surface area contributed by atoms with Gasteiger partial charge in [0.05, 0.1) is 19.8 Å². The lowest BCUT2D eigenvalue weighted by Crippen LogP contribution is -2.27. The quantitative estimate of drug-likeness (QED) is 0.940. The number of fused-ring (bicyclic) bond motifs is 1. The molecule has 0 fully saturated rings. The molecule has 0 spiro atoms. The van der Waals surface area contributed by atoms with E-state index in [1.807, 2.05) is 24.3 Å². The Balaban J connectivity index is 1.94. The highest BCUT2D eigenvalue weighted by molar-refractivity contribution is 5.40. The molecule has 21 heavy (non-hydrogen) atoms. The van der Waals surface area contributed by atoms with Crippen LogP contribution in [-0.2, 0) is 11.2 Å². The molecule has 0 aromatic heterocycles. The summed E-state index contributed by atoms with van der Waals surface area (Å²) in [6, 6.07) is 14.3. The van der Waals surface area contributed by atoms with Crippen molar-refractivity contribution in [2.24, 2.45) is 5.73 Å². The van der Waals surface area contributed by atoms with E-state index in [0.717, 1.165) is 29.9 Å². The van der Waals surface area contributed by atoms with Crippen LogP contribution < -0.4 is 10.5 Å². The second kappa shape index (κ2) is 5.88. The number of methoxy groups -OCH3 is 1. The van der Waals surface area contributed by atoms with Gasteiger partial charge in [-0.2, -0.15) is 0 Å². The highest BCUT2D eigenvalue weighted by Gasteiger charge is 2.28. The Hall–Kier alpha value is -1.84. The number of benzene rings is 2. The van der Waals surface area contributed by atoms with Crippen molar-refractivity contribution < 1.29 is 9.47 Å². The standard InChI is InChI=1S/C18H21NO2/c1-12-11-14(20-2)7-8-15(12)17(19)18-16-6-4-3-5-13(16)9-10-21-18/h3-8,11,17-18H,9-10,19H2,1-2H3. The summed E-state index contributed by atoms with van der Waals surface area (Å²) < 4.78 is 11.2. The van der Waals surface area contributed by atoms with Gasteiger partial charge in [-0.05, 0) is 47.7 Å². The van der Waals surface area contributed by atoms with Crippen LogP contribution in [0.4, 0.5) is 0 Å². The van der Waals surface area contributed by atoms with Crippen LogP contribution in [0.2, 0.25) is 0 Å². The monoisotopic (exact) mass is 283 g/mol. The van der Waals surface area contributed by atoms with Gasteiger partial charge in [-0.3, -0.25) is 0 Å². The summed E-state index contributed by atoms with van der Waals surface area (Å²) in [6.45, 7) is 2.79. The molecule has 2 atom stereocenters. The van der Waals surface area contributed by atoms with Gasteiger partial charge in [-0.15, -0.1) is 0 Å². The molecule has 1 aliphatic rings. The zero-order valence-electron chi connectivity index (χ0n) is 12.5. The molecule has 0 aliphatic carbocycles. The first-order valence-electron chi connectivity index (χ1n) is 7.30. The van der Waals surface area contributed by atoms with Gasteiger partial charge in [-0.1, -0.05) is 30.3 Å². The largest absolute Gasteiger partial charge is 0.497 e. The fourth-order valence-corrected chi connectivity index (χ4v) is 3.03. The number of rotatable bonds is 3. The number of nitrogens with two attached hydrogens (primary N) is 1. The molecule has 1 heterocycles. The maximum Gasteiger partial charge on any atom is 0.119 e. The lowest BCUT2D eigenvalue weighted by atomic mass is 9.89. The van der Waals surface area contributed by atoms with Crippen molar-refractivity contribution in [3.8, 4) is 5.75 Å². The van der Waals surface area contributed by atoms with Crippen LogP contribution in [0, 0.1) is 6.92 Å². The van der Waals surface area contributed by atoms with E-state index in [9.17, 15) is 0 Å². The van der Waals surface area contributed by atoms with Gasteiger partial charge < -0.3 is 15.2 Å². The van der Waals surface area contributed by atoms with Crippen molar-refractivity contribution in [1.29, 1.82) is 0 Å². The minimum absolute atomic E-state index is 0.0814. The van der Waals surface area contributed by atoms with E-state index in [1.165, 1.54) is 11.1 Å². The average Bonchev–Trinajstić information content (AvgIpc) is 2.53. The van der Waals surface area contributed by atoms with Crippen molar-refractivity contribution >= 4 is 0 Å². The molecule has 3 nitrogen and oxygen atoms in total. The molecule has 0 amide bonds. The Morgan fingerprint density at radius 3 is 2.81 bits per heavy atom. The predicted octanol–water partition coefficient (Wildman–Crippen LogP) is 3.32. The summed E-state index contributed by atoms with van der Waals surface area (Å²) in [7, 11) is 1.68. The Bertz CT molecular complexity index is 639. The summed E-state index contributed by atoms with van der Waals surface area (Å²) in [5.41, 5.74) is 11.3. The highest BCUT2D eigenvalue weighted by Crippen LogP contribution is 2.37. The summed E-state index contributed by atoms with van der Waals surface area (Å²) in [6.07, 6.45) is 0.878. The number of aryl methyl sites for hydroxylation is 1. The van der Waals surface area contributed by atoms with Gasteiger partial charge in [0, 0.05) is 0 Å². The Morgan fingerprint density at radius 1 is 1.24 bits per heavy atom. The lowest BCUT2D eigenvalue weighted by molar-refractivity contribution is 0.0240. The molecule has 3 rings (SSSR count). The topological polar surface area (TPSA) is 44.5 Å². The van der Waals surface area contributed by atoms with Crippen LogP contribution in [0.1, 0.15) is 34.4 Å². The van der Waals surface area contributed by atoms with Gasteiger partial charge >= 0.3 is 0 Å². The smallest absolute Gasteiger partial charge is 0.119 e. The van der Waals surface area contributed by atoms with E-state index < -0.39 is 0 Å². The third kappa shape index (κ3) is 2.67. The number of hydrogen-bond donors (Lipinski definition) is 1. The third-order valence-electron chi connectivity index (χ3n) is 4.19. The van der Waals surface area contributed by atoms with Gasteiger partial charge in [0.2, 0.25) is 0 Å². The van der Waals surface area contributed by atoms with Crippen LogP contribution in [-0.4, -0.2) is 13.7 Å². The normalized spacial score (nSPS) is 18.9. The molecule has 1 aliphatic heterocycles. The van der Waals surface area contributed by atoms with Crippen LogP contribution in [0.3, 0.4) is 0 Å². The predicted molar refractivity (Wildman–Crippen MR) is 83.5 cm³/mol. The minimum Gasteiger partial charge on any atom is -0.497 e. The average molecular weight is 283 g/mol. The Morgan fingerprint density at radius 2 is 2.05 bits per heavy atom. The van der Waals surface area contributed by atoms with Crippen molar-refractivity contribution in [3.63, 3.8) is 0 Å². The van der Waals surface area contributed by atoms with Gasteiger partial charge in [0.1, 0.15) is 11.9 Å². The number of hydrogen-bond acceptors (Lipinski definition) is 3. The zero-order valence-corrected chi connectivity index (χ0v) is 12.5. The van der Waals surface area contributed by atoms with Crippen molar-refractivity contribution in [2.45, 2.75) is 25.5 Å². The van der Waals surface area contributed by atoms with Gasteiger partial charge in [0.15, 0.2) is 0 Å². The summed E-state index contributed by atoms with van der Waals surface area (Å²) in [4.78, 5) is 0. The van der Waals surface area contributed by atoms with Crippen molar-refractivity contribution in [2.75, 3.05) is 13.7 Å². The van der Waals surface area contributed by atoms with E-state index in [1.54, 1.807) is 7.11 Å². The van der Waals surface area contributed by atoms with Crippen LogP contribution in [0.15, 0.2) is 42.5 Å². The molecule has 2 aromatic carbocycles. The maximum atomic E-state index is 6.51. The molecular weight excluding hydrogens is 262 g/mol. The summed E-state index contributed by atoms with van der Waals surface area (Å²) in [5, 5.41) is 0. The molecule has 0 radical (unpaired) electrons. The molecule has 2 unspecified atom stereocenters. The van der Waals surface area contributed by atoms with E-state index in [4.69, 9.17) is 15.2 Å². The third-order valence-corrected chi connectivity index (χ3v) is 4.19. The minimum atomic E-state index is -0.169. The molecule has 2 N–H and O–H groups in total. The second-order valence-electron chi connectivity index (χ2n) is 5.49. The van der Waals surface area contributed by atoms with Crippen LogP contribution in [0.25, 0.3) is 0 Å². The SMILES string of the molecule is COc1ccc(C(N)C2OCCc3ccccc32)c(C)c1. The van der Waals surface area contributed by atoms with Crippen molar-refractivity contribution in [3.05, 3.63) is 64.7 Å². The first kappa shape index (κ1) is 14.1. The van der Waals surface area contributed by atoms with E-state index >= 15 is 0 Å². The second-order valence-corrected chi connectivity index (χ2v) is 5.49. The Labute approximate surface area is 125 Å². The fraction of sp³-hybridized carbons (Fsp3) is 0.333.